The summed E-state index contributed by atoms with van der Waals surface area (Å²) in [7, 11) is 1.29. The fourth-order valence-corrected chi connectivity index (χ4v) is 11.3. The molecule has 5 aliphatic rings. The molecule has 12 atom stereocenters. The third kappa shape index (κ3) is 3.96. The number of esters is 5. The predicted octanol–water partition coefficient (Wildman–Crippen LogP) is 3.44. The van der Waals surface area contributed by atoms with Crippen LogP contribution < -0.4 is 0 Å². The lowest BCUT2D eigenvalue weighted by molar-refractivity contribution is -0.354. The molecule has 5 fully saturated rings. The maximum atomic E-state index is 13.5. The third-order valence-corrected chi connectivity index (χ3v) is 12.6. The molecule has 0 unspecified atom stereocenters. The van der Waals surface area contributed by atoms with Gasteiger partial charge < -0.3 is 33.2 Å². The molecule has 1 N–H and O–H groups in total. The van der Waals surface area contributed by atoms with E-state index in [0.29, 0.717) is 18.4 Å². The minimum absolute atomic E-state index is 0.0938. The van der Waals surface area contributed by atoms with Crippen LogP contribution in [0.1, 0.15) is 85.3 Å². The van der Waals surface area contributed by atoms with Gasteiger partial charge in [-0.2, -0.15) is 0 Å². The zero-order valence-electron chi connectivity index (χ0n) is 26.7. The Morgan fingerprint density at radius 1 is 0.978 bits per heavy atom. The van der Waals surface area contributed by atoms with E-state index in [-0.39, 0.29) is 19.3 Å². The van der Waals surface area contributed by atoms with Crippen LogP contribution in [0.2, 0.25) is 0 Å². The van der Waals surface area contributed by atoms with E-state index in [4.69, 9.17) is 28.1 Å². The van der Waals surface area contributed by atoms with Crippen LogP contribution in [0.5, 0.6) is 0 Å². The number of aliphatic hydroxyl groups is 1. The molecule has 0 aromatic carbocycles. The Bertz CT molecular complexity index is 1440. The highest BCUT2D eigenvalue weighted by molar-refractivity contribution is 5.73. The summed E-state index contributed by atoms with van der Waals surface area (Å²) in [4.78, 5) is 65.0. The average Bonchev–Trinajstić information content (AvgIpc) is 3.60. The number of methoxy groups -OCH3 is 1. The minimum Gasteiger partial charge on any atom is -0.472 e. The molecule has 1 aliphatic heterocycles. The van der Waals surface area contributed by atoms with Gasteiger partial charge in [-0.1, -0.05) is 20.8 Å². The molecule has 12 nitrogen and oxygen atoms in total. The fourth-order valence-electron chi connectivity index (χ4n) is 11.3. The summed E-state index contributed by atoms with van der Waals surface area (Å²) in [5, 5.41) is 13.5. The van der Waals surface area contributed by atoms with Gasteiger partial charge in [-0.05, 0) is 31.2 Å². The Labute approximate surface area is 261 Å². The van der Waals surface area contributed by atoms with E-state index in [0.717, 1.165) is 0 Å². The van der Waals surface area contributed by atoms with Crippen molar-refractivity contribution in [2.24, 2.45) is 39.9 Å². The van der Waals surface area contributed by atoms with Crippen molar-refractivity contribution in [2.45, 2.75) is 103 Å². The van der Waals surface area contributed by atoms with Crippen molar-refractivity contribution < 1.29 is 57.2 Å². The molecular formula is C33H42O12. The van der Waals surface area contributed by atoms with E-state index < -0.39 is 99.3 Å². The molecule has 4 aliphatic carbocycles. The zero-order chi connectivity index (χ0) is 32.9. The van der Waals surface area contributed by atoms with E-state index >= 15 is 0 Å². The normalized spacial score (nSPS) is 45.9. The van der Waals surface area contributed by atoms with Gasteiger partial charge in [-0.15, -0.1) is 0 Å². The first kappa shape index (κ1) is 31.6. The van der Waals surface area contributed by atoms with E-state index in [2.05, 4.69) is 0 Å². The first-order valence-electron chi connectivity index (χ1n) is 15.6. The maximum absolute atomic E-state index is 13.5. The van der Waals surface area contributed by atoms with E-state index in [1.165, 1.54) is 40.4 Å². The summed E-state index contributed by atoms with van der Waals surface area (Å²) in [6, 6.07) is 1.72. The zero-order valence-corrected chi connectivity index (χ0v) is 26.7. The number of cyclic esters (lactones) is 1. The second kappa shape index (κ2) is 10.0. The Morgan fingerprint density at radius 3 is 2.22 bits per heavy atom. The molecule has 45 heavy (non-hydrogen) atoms. The molecule has 0 amide bonds. The molecule has 246 valence electrons. The number of carbonyl (C=O) groups is 5. The van der Waals surface area contributed by atoms with Crippen molar-refractivity contribution in [2.75, 3.05) is 7.11 Å². The Hall–Kier alpha value is -3.41. The van der Waals surface area contributed by atoms with Crippen LogP contribution in [0.25, 0.3) is 0 Å². The lowest BCUT2D eigenvalue weighted by Crippen LogP contribution is -2.81. The number of rotatable bonds is 6. The van der Waals surface area contributed by atoms with Gasteiger partial charge in [0.1, 0.15) is 29.5 Å². The summed E-state index contributed by atoms with van der Waals surface area (Å²) in [6.45, 7) is 9.54. The summed E-state index contributed by atoms with van der Waals surface area (Å²) >= 11 is 0. The van der Waals surface area contributed by atoms with E-state index in [1.54, 1.807) is 6.07 Å². The van der Waals surface area contributed by atoms with E-state index in [9.17, 15) is 29.1 Å². The Balaban J connectivity index is 1.63. The smallest absolute Gasteiger partial charge is 0.306 e. The van der Waals surface area contributed by atoms with Crippen LogP contribution in [0.4, 0.5) is 0 Å². The molecular weight excluding hydrogens is 588 g/mol. The van der Waals surface area contributed by atoms with Gasteiger partial charge in [0.15, 0.2) is 0 Å². The van der Waals surface area contributed by atoms with Gasteiger partial charge in [0.2, 0.25) is 0 Å². The highest BCUT2D eigenvalue weighted by Gasteiger charge is 2.90. The van der Waals surface area contributed by atoms with Crippen molar-refractivity contribution in [1.29, 1.82) is 0 Å². The molecule has 1 saturated heterocycles. The largest absolute Gasteiger partial charge is 0.472 e. The number of furan rings is 1. The Kier molecular flexibility index (Phi) is 7.05. The number of fused-ring (bicyclic) bond motifs is 5. The molecule has 2 bridgehead atoms. The summed E-state index contributed by atoms with van der Waals surface area (Å²) in [5.41, 5.74) is -5.50. The molecule has 1 aromatic rings. The Morgan fingerprint density at radius 2 is 1.64 bits per heavy atom. The molecule has 4 saturated carbocycles. The van der Waals surface area contributed by atoms with Crippen molar-refractivity contribution in [1.82, 2.24) is 0 Å². The van der Waals surface area contributed by atoms with Crippen LogP contribution in [-0.4, -0.2) is 65.5 Å². The van der Waals surface area contributed by atoms with Crippen LogP contribution >= 0.6 is 0 Å². The van der Waals surface area contributed by atoms with Gasteiger partial charge in [-0.3, -0.25) is 24.0 Å². The lowest BCUT2D eigenvalue weighted by Gasteiger charge is -2.72. The second-order valence-electron chi connectivity index (χ2n) is 14.5. The molecule has 0 spiro atoms. The summed E-state index contributed by atoms with van der Waals surface area (Å²) < 4.78 is 34.9. The lowest BCUT2D eigenvalue weighted by atomic mass is 9.36. The molecule has 1 aromatic heterocycles. The predicted molar refractivity (Wildman–Crippen MR) is 151 cm³/mol. The van der Waals surface area contributed by atoms with Gasteiger partial charge in [0, 0.05) is 60.8 Å². The molecule has 6 rings (SSSR count). The van der Waals surface area contributed by atoms with Gasteiger partial charge >= 0.3 is 29.8 Å². The van der Waals surface area contributed by atoms with Crippen molar-refractivity contribution in [3.8, 4) is 0 Å². The monoisotopic (exact) mass is 630 g/mol. The average molecular weight is 631 g/mol. The number of hydrogen-bond donors (Lipinski definition) is 1. The topological polar surface area (TPSA) is 165 Å². The standard InChI is InChI=1S/C33H42O12/c1-16(34)42-27-25-28(43-17(2)35)33(39)20(8-10-29(4)22(33)13-24(38)44-26(29)19-9-11-41-14-19)31(6)21(12-23(37)40-7)30(27,5)15-32(25,31)45-18(3)36/h9,11,14,20-22,25-28,39H,8,10,12-13,15H2,1-7H3/t20-,21+,22-,25-,26+,27-,28-,29-,30-,31-,32+,33-/m1/s1. The van der Waals surface area contributed by atoms with Crippen molar-refractivity contribution in [3.63, 3.8) is 0 Å². The van der Waals surface area contributed by atoms with Crippen LogP contribution in [0.15, 0.2) is 23.0 Å². The van der Waals surface area contributed by atoms with Crippen molar-refractivity contribution >= 4 is 29.8 Å². The maximum Gasteiger partial charge on any atom is 0.306 e. The first-order valence-corrected chi connectivity index (χ1v) is 15.6. The van der Waals surface area contributed by atoms with Gasteiger partial charge in [-0.25, -0.2) is 0 Å². The van der Waals surface area contributed by atoms with Crippen LogP contribution in [-0.2, 0) is 47.7 Å². The third-order valence-electron chi connectivity index (χ3n) is 12.6. The minimum atomic E-state index is -1.89. The second-order valence-corrected chi connectivity index (χ2v) is 14.5. The summed E-state index contributed by atoms with van der Waals surface area (Å²) in [6.07, 6.45) is 0.684. The quantitative estimate of drug-likeness (QED) is 0.360. The highest BCUT2D eigenvalue weighted by atomic mass is 16.6. The summed E-state index contributed by atoms with van der Waals surface area (Å²) in [5.74, 6) is -6.04. The van der Waals surface area contributed by atoms with Crippen molar-refractivity contribution in [3.05, 3.63) is 24.2 Å². The van der Waals surface area contributed by atoms with Gasteiger partial charge in [0.05, 0.1) is 32.0 Å². The molecule has 2 heterocycles. The fraction of sp³-hybridized carbons (Fsp3) is 0.727. The SMILES string of the molecule is COC(=O)C[C@H]1[C@@]2(C)C[C@]3(OC(C)=O)[C@H]([C@H]2OC(C)=O)[C@@H](OC(C)=O)[C@]2(O)[C@@H]4CC(=O)O[C@@H](c5ccoc5)[C@]4(C)CC[C@@H]2[C@]13C. The first-order chi connectivity index (χ1) is 21.0. The highest BCUT2D eigenvalue weighted by Crippen LogP contribution is 2.82. The van der Waals surface area contributed by atoms with Crippen LogP contribution in [0.3, 0.4) is 0 Å². The van der Waals surface area contributed by atoms with E-state index in [1.807, 2.05) is 20.8 Å². The number of hydrogen-bond acceptors (Lipinski definition) is 12. The number of ether oxygens (including phenoxy) is 5. The number of carbonyl (C=O) groups excluding carboxylic acids is 5. The van der Waals surface area contributed by atoms with Crippen LogP contribution in [0, 0.1) is 39.9 Å². The molecule has 0 radical (unpaired) electrons. The van der Waals surface area contributed by atoms with Gasteiger partial charge in [0.25, 0.3) is 0 Å². The molecule has 12 heteroatoms.